The predicted octanol–water partition coefficient (Wildman–Crippen LogP) is 3.92. The third kappa shape index (κ3) is 3.59. The number of rotatable bonds is 5. The molecule has 2 aromatic rings. The molecule has 0 aliphatic rings. The number of nitrogens with zero attached hydrogens (tertiary/aromatic N) is 2. The highest BCUT2D eigenvalue weighted by molar-refractivity contribution is 7.17. The van der Waals surface area contributed by atoms with Gasteiger partial charge in [-0.3, -0.25) is 4.79 Å². The maximum atomic E-state index is 12.0. The molecule has 0 aliphatic carbocycles. The molecule has 0 bridgehead atoms. The van der Waals surface area contributed by atoms with Crippen LogP contribution < -0.4 is 10.6 Å². The highest BCUT2D eigenvalue weighted by Gasteiger charge is 2.15. The van der Waals surface area contributed by atoms with Crippen molar-refractivity contribution in [3.63, 3.8) is 0 Å². The van der Waals surface area contributed by atoms with Crippen LogP contribution in [0.2, 0.25) is 10.0 Å². The van der Waals surface area contributed by atoms with Crippen molar-refractivity contribution in [2.75, 3.05) is 17.2 Å². The Hall–Kier alpha value is -1.37. The summed E-state index contributed by atoms with van der Waals surface area (Å²) in [4.78, 5) is 12.0. The molecule has 8 heteroatoms. The molecule has 1 heterocycles. The number of halogens is 2. The summed E-state index contributed by atoms with van der Waals surface area (Å²) >= 11 is 13.1. The first-order valence-electron chi connectivity index (χ1n) is 5.94. The minimum absolute atomic E-state index is 0.264. The monoisotopic (exact) mass is 330 g/mol. The van der Waals surface area contributed by atoms with E-state index in [0.29, 0.717) is 20.9 Å². The SMILES string of the molecule is CCCNc1nnc(C(=O)Nc2cccc(Cl)c2Cl)s1. The van der Waals surface area contributed by atoms with Crippen molar-refractivity contribution in [2.24, 2.45) is 0 Å². The third-order valence-corrected chi connectivity index (χ3v) is 4.04. The molecular weight excluding hydrogens is 319 g/mol. The molecule has 5 nitrogen and oxygen atoms in total. The number of hydrogen-bond donors (Lipinski definition) is 2. The lowest BCUT2D eigenvalue weighted by Crippen LogP contribution is -2.11. The predicted molar refractivity (Wildman–Crippen MR) is 83.1 cm³/mol. The van der Waals surface area contributed by atoms with E-state index in [0.717, 1.165) is 13.0 Å². The van der Waals surface area contributed by atoms with E-state index in [1.54, 1.807) is 18.2 Å². The van der Waals surface area contributed by atoms with Crippen LogP contribution in [0.4, 0.5) is 10.8 Å². The second-order valence-electron chi connectivity index (χ2n) is 3.89. The third-order valence-electron chi connectivity index (χ3n) is 2.35. The Morgan fingerprint density at radius 1 is 1.35 bits per heavy atom. The molecular formula is C12H12Cl2N4OS. The molecule has 0 aliphatic heterocycles. The van der Waals surface area contributed by atoms with Gasteiger partial charge in [0.05, 0.1) is 15.7 Å². The van der Waals surface area contributed by atoms with Crippen molar-refractivity contribution in [3.05, 3.63) is 33.3 Å². The number of benzene rings is 1. The van der Waals surface area contributed by atoms with Crippen LogP contribution in [0.5, 0.6) is 0 Å². The second-order valence-corrected chi connectivity index (χ2v) is 5.66. The Morgan fingerprint density at radius 2 is 2.15 bits per heavy atom. The van der Waals surface area contributed by atoms with Gasteiger partial charge in [-0.25, -0.2) is 0 Å². The molecule has 20 heavy (non-hydrogen) atoms. The van der Waals surface area contributed by atoms with Crippen molar-refractivity contribution < 1.29 is 4.79 Å². The summed E-state index contributed by atoms with van der Waals surface area (Å²) < 4.78 is 0. The molecule has 1 amide bonds. The summed E-state index contributed by atoms with van der Waals surface area (Å²) in [6.45, 7) is 2.83. The van der Waals surface area contributed by atoms with E-state index in [1.165, 1.54) is 11.3 Å². The number of aromatic nitrogens is 2. The summed E-state index contributed by atoms with van der Waals surface area (Å²) in [6, 6.07) is 5.03. The van der Waals surface area contributed by atoms with Crippen LogP contribution >= 0.6 is 34.5 Å². The number of carbonyl (C=O) groups is 1. The molecule has 0 spiro atoms. The van der Waals surface area contributed by atoms with Crippen molar-refractivity contribution in [3.8, 4) is 0 Å². The van der Waals surface area contributed by atoms with Crippen LogP contribution in [-0.2, 0) is 0 Å². The summed E-state index contributed by atoms with van der Waals surface area (Å²) in [5.41, 5.74) is 0.447. The lowest BCUT2D eigenvalue weighted by Gasteiger charge is -2.05. The van der Waals surface area contributed by atoms with Gasteiger partial charge >= 0.3 is 0 Å². The van der Waals surface area contributed by atoms with Gasteiger partial charge in [0.15, 0.2) is 0 Å². The average Bonchev–Trinajstić information content (AvgIpc) is 2.90. The number of amides is 1. The van der Waals surface area contributed by atoms with Crippen LogP contribution in [-0.4, -0.2) is 22.6 Å². The zero-order valence-electron chi connectivity index (χ0n) is 10.6. The Bertz CT molecular complexity index is 617. The van der Waals surface area contributed by atoms with E-state index in [2.05, 4.69) is 20.8 Å². The van der Waals surface area contributed by atoms with E-state index >= 15 is 0 Å². The summed E-state index contributed by atoms with van der Waals surface area (Å²) in [5.74, 6) is -0.365. The molecule has 2 N–H and O–H groups in total. The maximum absolute atomic E-state index is 12.0. The van der Waals surface area contributed by atoms with Crippen LogP contribution in [0, 0.1) is 0 Å². The van der Waals surface area contributed by atoms with Gasteiger partial charge in [0, 0.05) is 6.54 Å². The lowest BCUT2D eigenvalue weighted by atomic mass is 10.3. The first kappa shape index (κ1) is 15.0. The van der Waals surface area contributed by atoms with Gasteiger partial charge in [-0.15, -0.1) is 10.2 Å². The molecule has 106 valence electrons. The Labute approximate surface area is 130 Å². The summed E-state index contributed by atoms with van der Waals surface area (Å²) in [6.07, 6.45) is 0.971. The van der Waals surface area contributed by atoms with Gasteiger partial charge in [0.1, 0.15) is 0 Å². The molecule has 0 radical (unpaired) electrons. The quantitative estimate of drug-likeness (QED) is 0.871. The Morgan fingerprint density at radius 3 is 2.90 bits per heavy atom. The minimum Gasteiger partial charge on any atom is -0.360 e. The molecule has 2 rings (SSSR count). The highest BCUT2D eigenvalue weighted by atomic mass is 35.5. The number of hydrogen-bond acceptors (Lipinski definition) is 5. The maximum Gasteiger partial charge on any atom is 0.286 e. The first-order valence-corrected chi connectivity index (χ1v) is 7.51. The van der Waals surface area contributed by atoms with Gasteiger partial charge in [0.25, 0.3) is 5.91 Å². The van der Waals surface area contributed by atoms with Crippen LogP contribution in [0.15, 0.2) is 18.2 Å². The average molecular weight is 331 g/mol. The fourth-order valence-electron chi connectivity index (χ4n) is 1.39. The van der Waals surface area contributed by atoms with Gasteiger partial charge in [-0.05, 0) is 18.6 Å². The lowest BCUT2D eigenvalue weighted by molar-refractivity contribution is 0.102. The summed E-state index contributed by atoms with van der Waals surface area (Å²) in [7, 11) is 0. The smallest absolute Gasteiger partial charge is 0.286 e. The number of carbonyl (C=O) groups excluding carboxylic acids is 1. The molecule has 0 saturated carbocycles. The van der Waals surface area contributed by atoms with Gasteiger partial charge < -0.3 is 10.6 Å². The normalized spacial score (nSPS) is 10.3. The summed E-state index contributed by atoms with van der Waals surface area (Å²) in [5, 5.41) is 15.0. The van der Waals surface area contributed by atoms with Crippen molar-refractivity contribution in [2.45, 2.75) is 13.3 Å². The van der Waals surface area contributed by atoms with Crippen molar-refractivity contribution in [1.82, 2.24) is 10.2 Å². The van der Waals surface area contributed by atoms with Gasteiger partial charge in [0.2, 0.25) is 10.1 Å². The molecule has 1 aromatic heterocycles. The van der Waals surface area contributed by atoms with Crippen molar-refractivity contribution >= 4 is 51.3 Å². The fourth-order valence-corrected chi connectivity index (χ4v) is 2.41. The molecule has 0 unspecified atom stereocenters. The van der Waals surface area contributed by atoms with E-state index in [4.69, 9.17) is 23.2 Å². The van der Waals surface area contributed by atoms with Gasteiger partial charge in [-0.1, -0.05) is 47.5 Å². The molecule has 0 saturated heterocycles. The molecule has 1 aromatic carbocycles. The van der Waals surface area contributed by atoms with Crippen molar-refractivity contribution in [1.29, 1.82) is 0 Å². The van der Waals surface area contributed by atoms with Gasteiger partial charge in [-0.2, -0.15) is 0 Å². The Balaban J connectivity index is 2.08. The number of nitrogens with one attached hydrogen (secondary N) is 2. The number of anilines is 2. The first-order chi connectivity index (χ1) is 9.61. The van der Waals surface area contributed by atoms with E-state index < -0.39 is 0 Å². The fraction of sp³-hybridized carbons (Fsp3) is 0.250. The standard InChI is InChI=1S/C12H12Cl2N4OS/c1-2-6-15-12-18-17-11(20-12)10(19)16-8-5-3-4-7(13)9(8)14/h3-5H,2,6H2,1H3,(H,15,18)(H,16,19). The largest absolute Gasteiger partial charge is 0.360 e. The highest BCUT2D eigenvalue weighted by Crippen LogP contribution is 2.30. The van der Waals surface area contributed by atoms with Crippen LogP contribution in [0.3, 0.4) is 0 Å². The molecule has 0 atom stereocenters. The zero-order valence-corrected chi connectivity index (χ0v) is 12.9. The van der Waals surface area contributed by atoms with Crippen LogP contribution in [0.1, 0.15) is 23.1 Å². The van der Waals surface area contributed by atoms with E-state index in [-0.39, 0.29) is 10.9 Å². The van der Waals surface area contributed by atoms with E-state index in [9.17, 15) is 4.79 Å². The second kappa shape index (κ2) is 6.88. The topological polar surface area (TPSA) is 66.9 Å². The minimum atomic E-state index is -0.365. The van der Waals surface area contributed by atoms with Crippen LogP contribution in [0.25, 0.3) is 0 Å². The molecule has 0 fully saturated rings. The van der Waals surface area contributed by atoms with E-state index in [1.807, 2.05) is 6.92 Å². The Kier molecular flexibility index (Phi) is 5.17. The zero-order chi connectivity index (χ0) is 14.5.